The van der Waals surface area contributed by atoms with Gasteiger partial charge in [-0.1, -0.05) is 35.3 Å². The zero-order valence-electron chi connectivity index (χ0n) is 18.4. The molecule has 1 aliphatic rings. The number of anilines is 1. The lowest BCUT2D eigenvalue weighted by molar-refractivity contribution is -0.139. The van der Waals surface area contributed by atoms with E-state index in [1.807, 2.05) is 26.0 Å². The summed E-state index contributed by atoms with van der Waals surface area (Å²) >= 11 is 12.4. The van der Waals surface area contributed by atoms with Crippen molar-refractivity contribution in [1.82, 2.24) is 0 Å². The minimum absolute atomic E-state index is 0.201. The monoisotopic (exact) mass is 473 g/mol. The first kappa shape index (κ1) is 23.9. The van der Waals surface area contributed by atoms with Gasteiger partial charge in [0, 0.05) is 18.1 Å². The molecule has 32 heavy (non-hydrogen) atoms. The Kier molecular flexibility index (Phi) is 7.64. The van der Waals surface area contributed by atoms with E-state index in [9.17, 15) is 9.59 Å². The second kappa shape index (κ2) is 10.2. The van der Waals surface area contributed by atoms with Gasteiger partial charge in [0.25, 0.3) is 0 Å². The molecule has 0 aliphatic carbocycles. The van der Waals surface area contributed by atoms with E-state index in [2.05, 4.69) is 6.07 Å². The van der Waals surface area contributed by atoms with Gasteiger partial charge in [-0.2, -0.15) is 0 Å². The van der Waals surface area contributed by atoms with E-state index >= 15 is 0 Å². The van der Waals surface area contributed by atoms with E-state index in [0.717, 1.165) is 16.8 Å². The largest absolute Gasteiger partial charge is 0.463 e. The van der Waals surface area contributed by atoms with Crippen molar-refractivity contribution >= 4 is 40.8 Å². The Hall–Kier alpha value is -2.76. The molecule has 5 nitrogen and oxygen atoms in total. The van der Waals surface area contributed by atoms with Gasteiger partial charge in [0.05, 0.1) is 40.3 Å². The van der Waals surface area contributed by atoms with Crippen molar-refractivity contribution in [2.24, 2.45) is 0 Å². The molecule has 7 heteroatoms. The van der Waals surface area contributed by atoms with Crippen molar-refractivity contribution in [1.29, 1.82) is 0 Å². The van der Waals surface area contributed by atoms with Gasteiger partial charge in [-0.3, -0.25) is 0 Å². The summed E-state index contributed by atoms with van der Waals surface area (Å²) in [5, 5.41) is 0.707. The molecule has 0 amide bonds. The third-order valence-corrected chi connectivity index (χ3v) is 5.72. The van der Waals surface area contributed by atoms with Crippen LogP contribution in [0.5, 0.6) is 0 Å². The number of hydrogen-bond donors (Lipinski definition) is 0. The van der Waals surface area contributed by atoms with E-state index in [4.69, 9.17) is 32.7 Å². The molecule has 0 bridgehead atoms. The number of benzene rings is 2. The van der Waals surface area contributed by atoms with Gasteiger partial charge in [-0.15, -0.1) is 0 Å². The number of halogens is 2. The van der Waals surface area contributed by atoms with Crippen LogP contribution < -0.4 is 4.90 Å². The van der Waals surface area contributed by atoms with Crippen LogP contribution in [0.25, 0.3) is 0 Å². The molecule has 0 saturated heterocycles. The van der Waals surface area contributed by atoms with Gasteiger partial charge < -0.3 is 14.4 Å². The maximum absolute atomic E-state index is 13.0. The first-order valence-electron chi connectivity index (χ1n) is 10.3. The van der Waals surface area contributed by atoms with Gasteiger partial charge in [-0.25, -0.2) is 9.59 Å². The van der Waals surface area contributed by atoms with Crippen LogP contribution in [0.15, 0.2) is 59.9 Å². The predicted octanol–water partition coefficient (Wildman–Crippen LogP) is 6.11. The summed E-state index contributed by atoms with van der Waals surface area (Å²) in [6.07, 6.45) is 3.39. The highest BCUT2D eigenvalue weighted by Gasteiger charge is 2.36. The number of aryl methyl sites for hydroxylation is 2. The van der Waals surface area contributed by atoms with Crippen LogP contribution in [0.3, 0.4) is 0 Å². The highest BCUT2D eigenvalue weighted by molar-refractivity contribution is 6.42. The zero-order chi connectivity index (χ0) is 23.4. The molecule has 0 unspecified atom stereocenters. The number of esters is 2. The molecule has 0 radical (unpaired) electrons. The van der Waals surface area contributed by atoms with Gasteiger partial charge in [0.1, 0.15) is 0 Å². The molecule has 0 saturated carbocycles. The second-order valence-corrected chi connectivity index (χ2v) is 8.28. The Labute approximate surface area is 198 Å². The van der Waals surface area contributed by atoms with Crippen LogP contribution in [-0.4, -0.2) is 25.2 Å². The van der Waals surface area contributed by atoms with Gasteiger partial charge in [-0.05, 0) is 68.7 Å². The minimum Gasteiger partial charge on any atom is -0.463 e. The summed E-state index contributed by atoms with van der Waals surface area (Å²) < 4.78 is 10.7. The first-order chi connectivity index (χ1) is 15.2. The van der Waals surface area contributed by atoms with Crippen molar-refractivity contribution < 1.29 is 19.1 Å². The normalized spacial score (nSPS) is 14.0. The van der Waals surface area contributed by atoms with Crippen LogP contribution in [0.1, 0.15) is 36.5 Å². The summed E-state index contributed by atoms with van der Waals surface area (Å²) in [6, 6.07) is 11.0. The van der Waals surface area contributed by atoms with E-state index < -0.39 is 17.9 Å². The Morgan fingerprint density at radius 2 is 1.38 bits per heavy atom. The number of carbonyl (C=O) groups excluding carboxylic acids is 2. The molecule has 0 N–H and O–H groups in total. The molecule has 2 aromatic rings. The quantitative estimate of drug-likeness (QED) is 0.473. The highest BCUT2D eigenvalue weighted by Crippen LogP contribution is 2.40. The van der Waals surface area contributed by atoms with Gasteiger partial charge in [0.15, 0.2) is 0 Å². The van der Waals surface area contributed by atoms with E-state index in [-0.39, 0.29) is 13.2 Å². The molecule has 1 aliphatic heterocycles. The van der Waals surface area contributed by atoms with E-state index in [1.165, 1.54) is 0 Å². The number of carbonyl (C=O) groups is 2. The molecular formula is C25H25Cl2NO4. The van der Waals surface area contributed by atoms with E-state index in [1.54, 1.807) is 49.3 Å². The lowest BCUT2D eigenvalue weighted by atomic mass is 9.83. The number of nitrogens with zero attached hydrogens (tertiary/aromatic N) is 1. The number of ether oxygens (including phenoxy) is 2. The summed E-state index contributed by atoms with van der Waals surface area (Å²) in [5.41, 5.74) is 4.18. The molecule has 0 atom stereocenters. The number of hydrogen-bond acceptors (Lipinski definition) is 5. The maximum Gasteiger partial charge on any atom is 0.336 e. The molecule has 3 rings (SSSR count). The molecular weight excluding hydrogens is 449 g/mol. The Balaban J connectivity index is 2.22. The summed E-state index contributed by atoms with van der Waals surface area (Å²) in [6.45, 7) is 7.85. The smallest absolute Gasteiger partial charge is 0.336 e. The second-order valence-electron chi connectivity index (χ2n) is 7.47. The van der Waals surface area contributed by atoms with Crippen LogP contribution in [0.4, 0.5) is 5.69 Å². The van der Waals surface area contributed by atoms with Crippen molar-refractivity contribution in [2.45, 2.75) is 33.6 Å². The van der Waals surface area contributed by atoms with Crippen molar-refractivity contribution in [3.05, 3.63) is 86.7 Å². The zero-order valence-corrected chi connectivity index (χ0v) is 20.0. The van der Waals surface area contributed by atoms with Gasteiger partial charge in [0.2, 0.25) is 0 Å². The lowest BCUT2D eigenvalue weighted by Crippen LogP contribution is -2.29. The third kappa shape index (κ3) is 5.17. The van der Waals surface area contributed by atoms with Crippen LogP contribution >= 0.6 is 23.2 Å². The molecule has 2 aromatic carbocycles. The summed E-state index contributed by atoms with van der Waals surface area (Å²) in [4.78, 5) is 27.8. The standard InChI is InChI=1S/C25H25Cl2NO4/c1-5-31-24(29)19-13-28(18-10-15(3)9-16(4)11-18)14-20(25(30)32-6-2)23(19)17-7-8-21(26)22(27)12-17/h7-14,23H,5-6H2,1-4H3. The van der Waals surface area contributed by atoms with Crippen molar-refractivity contribution in [3.63, 3.8) is 0 Å². The minimum atomic E-state index is -0.718. The van der Waals surface area contributed by atoms with Crippen LogP contribution in [0, 0.1) is 13.8 Å². The summed E-state index contributed by atoms with van der Waals surface area (Å²) in [7, 11) is 0. The molecule has 0 fully saturated rings. The Morgan fingerprint density at radius 3 is 1.84 bits per heavy atom. The Morgan fingerprint density at radius 1 is 0.844 bits per heavy atom. The van der Waals surface area contributed by atoms with Gasteiger partial charge >= 0.3 is 11.9 Å². The Bertz CT molecular complexity index is 1050. The highest BCUT2D eigenvalue weighted by atomic mass is 35.5. The molecule has 0 aromatic heterocycles. The predicted molar refractivity (Wildman–Crippen MR) is 127 cm³/mol. The fourth-order valence-electron chi connectivity index (χ4n) is 3.72. The maximum atomic E-state index is 13.0. The van der Waals surface area contributed by atoms with Crippen molar-refractivity contribution in [2.75, 3.05) is 18.1 Å². The van der Waals surface area contributed by atoms with Crippen LogP contribution in [0.2, 0.25) is 10.0 Å². The fourth-order valence-corrected chi connectivity index (χ4v) is 4.03. The third-order valence-electron chi connectivity index (χ3n) is 4.98. The van der Waals surface area contributed by atoms with E-state index in [0.29, 0.717) is 26.8 Å². The first-order valence-corrected chi connectivity index (χ1v) is 11.1. The van der Waals surface area contributed by atoms with Crippen LogP contribution in [-0.2, 0) is 19.1 Å². The number of rotatable bonds is 6. The topological polar surface area (TPSA) is 55.8 Å². The average molecular weight is 474 g/mol. The molecule has 1 heterocycles. The lowest BCUT2D eigenvalue weighted by Gasteiger charge is -2.31. The molecule has 168 valence electrons. The van der Waals surface area contributed by atoms with Crippen molar-refractivity contribution in [3.8, 4) is 0 Å². The SMILES string of the molecule is CCOC(=O)C1=CN(c2cc(C)cc(C)c2)C=C(C(=O)OCC)C1c1ccc(Cl)c(Cl)c1. The fraction of sp³-hybridized carbons (Fsp3) is 0.280. The average Bonchev–Trinajstić information content (AvgIpc) is 2.74. The summed E-state index contributed by atoms with van der Waals surface area (Å²) in [5.74, 6) is -1.76. The molecule has 0 spiro atoms.